The molecule has 0 aliphatic heterocycles. The van der Waals surface area contributed by atoms with Crippen LogP contribution in [-0.4, -0.2) is 26.8 Å². The third kappa shape index (κ3) is 2.27. The van der Waals surface area contributed by atoms with Gasteiger partial charge in [0.25, 0.3) is 0 Å². The van der Waals surface area contributed by atoms with E-state index >= 15 is 0 Å². The number of aliphatic carboxylic acids is 1. The van der Waals surface area contributed by atoms with Crippen molar-refractivity contribution >= 4 is 5.97 Å². The fourth-order valence-corrected chi connectivity index (χ4v) is 0.977. The summed E-state index contributed by atoms with van der Waals surface area (Å²) in [6.07, 6.45) is 0.669. The van der Waals surface area contributed by atoms with Gasteiger partial charge in [-0.3, -0.25) is 4.68 Å². The number of hydrogen-bond acceptors (Lipinski definition) is 2. The molecule has 0 aliphatic carbocycles. The van der Waals surface area contributed by atoms with Crippen LogP contribution in [0.3, 0.4) is 0 Å². The number of carbonyl (C=O) groups is 1. The molecular weight excluding hydrogens is 194 g/mol. The number of nitrogens with zero attached hydrogens (tertiary/aromatic N) is 2. The highest BCUT2D eigenvalue weighted by atomic mass is 19.3. The SMILES string of the molecule is CCn1ccc(CC(F)(F)C(=O)O)n1. The molecule has 0 atom stereocenters. The molecule has 14 heavy (non-hydrogen) atoms. The molecule has 0 fully saturated rings. The normalized spacial score (nSPS) is 11.6. The van der Waals surface area contributed by atoms with Crippen molar-refractivity contribution in [3.63, 3.8) is 0 Å². The molecule has 0 aliphatic rings. The number of aromatic nitrogens is 2. The van der Waals surface area contributed by atoms with Gasteiger partial charge in [-0.15, -0.1) is 0 Å². The summed E-state index contributed by atoms with van der Waals surface area (Å²) in [5.41, 5.74) is 0.0826. The van der Waals surface area contributed by atoms with Crippen molar-refractivity contribution in [3.8, 4) is 0 Å². The maximum Gasteiger partial charge on any atom is 0.374 e. The number of carboxylic acids is 1. The molecule has 0 bridgehead atoms. The van der Waals surface area contributed by atoms with E-state index in [0.717, 1.165) is 0 Å². The third-order valence-electron chi connectivity index (χ3n) is 1.74. The lowest BCUT2D eigenvalue weighted by Crippen LogP contribution is -2.30. The third-order valence-corrected chi connectivity index (χ3v) is 1.74. The maximum absolute atomic E-state index is 12.7. The van der Waals surface area contributed by atoms with Crippen molar-refractivity contribution in [1.82, 2.24) is 9.78 Å². The molecule has 0 unspecified atom stereocenters. The van der Waals surface area contributed by atoms with Gasteiger partial charge in [0.1, 0.15) is 0 Å². The van der Waals surface area contributed by atoms with Gasteiger partial charge >= 0.3 is 11.9 Å². The molecule has 1 N–H and O–H groups in total. The number of alkyl halides is 2. The molecule has 1 heterocycles. The fourth-order valence-electron chi connectivity index (χ4n) is 0.977. The van der Waals surface area contributed by atoms with Crippen LogP contribution >= 0.6 is 0 Å². The van der Waals surface area contributed by atoms with Crippen LogP contribution in [0.2, 0.25) is 0 Å². The van der Waals surface area contributed by atoms with Crippen molar-refractivity contribution in [2.45, 2.75) is 25.8 Å². The van der Waals surface area contributed by atoms with Crippen LogP contribution in [0.4, 0.5) is 8.78 Å². The molecule has 0 saturated heterocycles. The van der Waals surface area contributed by atoms with E-state index in [0.29, 0.717) is 6.54 Å². The second-order valence-corrected chi connectivity index (χ2v) is 2.85. The minimum atomic E-state index is -3.74. The van der Waals surface area contributed by atoms with Crippen molar-refractivity contribution < 1.29 is 18.7 Å². The molecule has 1 aromatic rings. The highest BCUT2D eigenvalue weighted by Gasteiger charge is 2.39. The highest BCUT2D eigenvalue weighted by molar-refractivity contribution is 5.75. The first-order valence-electron chi connectivity index (χ1n) is 4.09. The summed E-state index contributed by atoms with van der Waals surface area (Å²) in [5, 5.41) is 12.0. The van der Waals surface area contributed by atoms with Gasteiger partial charge < -0.3 is 5.11 Å². The Morgan fingerprint density at radius 3 is 2.79 bits per heavy atom. The molecule has 6 heteroatoms. The van der Waals surface area contributed by atoms with E-state index in [1.165, 1.54) is 16.9 Å². The quantitative estimate of drug-likeness (QED) is 0.800. The zero-order chi connectivity index (χ0) is 10.8. The fraction of sp³-hybridized carbons (Fsp3) is 0.500. The number of halogens is 2. The summed E-state index contributed by atoms with van der Waals surface area (Å²) in [6.45, 7) is 2.38. The van der Waals surface area contributed by atoms with E-state index in [9.17, 15) is 13.6 Å². The minimum absolute atomic E-state index is 0.0826. The number of hydrogen-bond donors (Lipinski definition) is 1. The Morgan fingerprint density at radius 2 is 2.36 bits per heavy atom. The van der Waals surface area contributed by atoms with Crippen LogP contribution in [0.1, 0.15) is 12.6 Å². The zero-order valence-corrected chi connectivity index (χ0v) is 7.57. The van der Waals surface area contributed by atoms with Gasteiger partial charge in [-0.25, -0.2) is 4.79 Å². The van der Waals surface area contributed by atoms with Crippen molar-refractivity contribution in [3.05, 3.63) is 18.0 Å². The second-order valence-electron chi connectivity index (χ2n) is 2.85. The molecule has 78 valence electrons. The minimum Gasteiger partial charge on any atom is -0.477 e. The summed E-state index contributed by atoms with van der Waals surface area (Å²) in [4.78, 5) is 10.1. The summed E-state index contributed by atoms with van der Waals surface area (Å²) in [5.74, 6) is -5.86. The lowest BCUT2D eigenvalue weighted by molar-refractivity contribution is -0.164. The van der Waals surface area contributed by atoms with Crippen LogP contribution in [0.15, 0.2) is 12.3 Å². The van der Waals surface area contributed by atoms with E-state index in [4.69, 9.17) is 5.11 Å². The van der Waals surface area contributed by atoms with Crippen LogP contribution in [-0.2, 0) is 17.8 Å². The molecule has 0 amide bonds. The Bertz CT molecular complexity index is 336. The summed E-state index contributed by atoms with van der Waals surface area (Å²) >= 11 is 0. The Hall–Kier alpha value is -1.46. The van der Waals surface area contributed by atoms with E-state index in [1.807, 2.05) is 6.92 Å². The first-order chi connectivity index (χ1) is 6.45. The van der Waals surface area contributed by atoms with Gasteiger partial charge in [0.05, 0.1) is 12.1 Å². The smallest absolute Gasteiger partial charge is 0.374 e. The first kappa shape index (κ1) is 10.6. The van der Waals surface area contributed by atoms with E-state index in [-0.39, 0.29) is 5.69 Å². The largest absolute Gasteiger partial charge is 0.477 e. The zero-order valence-electron chi connectivity index (χ0n) is 7.57. The molecule has 0 radical (unpaired) electrons. The monoisotopic (exact) mass is 204 g/mol. The van der Waals surface area contributed by atoms with E-state index in [2.05, 4.69) is 5.10 Å². The first-order valence-corrected chi connectivity index (χ1v) is 4.09. The molecule has 0 aromatic carbocycles. The summed E-state index contributed by atoms with van der Waals surface area (Å²) in [6, 6.07) is 1.39. The van der Waals surface area contributed by atoms with E-state index in [1.54, 1.807) is 0 Å². The lowest BCUT2D eigenvalue weighted by atomic mass is 10.2. The van der Waals surface area contributed by atoms with Crippen molar-refractivity contribution in [1.29, 1.82) is 0 Å². The van der Waals surface area contributed by atoms with Crippen molar-refractivity contribution in [2.24, 2.45) is 0 Å². The number of aryl methyl sites for hydroxylation is 1. The lowest BCUT2D eigenvalue weighted by Gasteiger charge is -2.08. The Balaban J connectivity index is 2.73. The summed E-state index contributed by atoms with van der Waals surface area (Å²) < 4.78 is 26.9. The number of rotatable bonds is 4. The van der Waals surface area contributed by atoms with Gasteiger partial charge in [0.15, 0.2) is 0 Å². The average Bonchev–Trinajstić information content (AvgIpc) is 2.51. The molecule has 4 nitrogen and oxygen atoms in total. The van der Waals surface area contributed by atoms with Crippen molar-refractivity contribution in [2.75, 3.05) is 0 Å². The number of carboxylic acid groups (broad SMARTS) is 1. The Morgan fingerprint density at radius 1 is 1.71 bits per heavy atom. The maximum atomic E-state index is 12.7. The average molecular weight is 204 g/mol. The summed E-state index contributed by atoms with van der Waals surface area (Å²) in [7, 11) is 0. The van der Waals surface area contributed by atoms with Gasteiger partial charge in [-0.05, 0) is 13.0 Å². The van der Waals surface area contributed by atoms with Gasteiger partial charge in [0, 0.05) is 12.7 Å². The Labute approximate surface area is 79.2 Å². The van der Waals surface area contributed by atoms with Gasteiger partial charge in [-0.2, -0.15) is 13.9 Å². The topological polar surface area (TPSA) is 55.1 Å². The standard InChI is InChI=1S/C8H10F2N2O2/c1-2-12-4-3-6(11-12)5-8(9,10)7(13)14/h3-4H,2,5H2,1H3,(H,13,14). The predicted molar refractivity (Wildman–Crippen MR) is 44.2 cm³/mol. The van der Waals surface area contributed by atoms with Gasteiger partial charge in [-0.1, -0.05) is 0 Å². The molecule has 1 rings (SSSR count). The molecule has 0 spiro atoms. The van der Waals surface area contributed by atoms with Crippen LogP contribution in [0, 0.1) is 0 Å². The van der Waals surface area contributed by atoms with E-state index < -0.39 is 18.3 Å². The molecule has 1 aromatic heterocycles. The molecular formula is C8H10F2N2O2. The molecule has 0 saturated carbocycles. The second kappa shape index (κ2) is 3.73. The van der Waals surface area contributed by atoms with Crippen LogP contribution in [0.25, 0.3) is 0 Å². The predicted octanol–water partition coefficient (Wildman–Crippen LogP) is 1.17. The highest BCUT2D eigenvalue weighted by Crippen LogP contribution is 2.19. The van der Waals surface area contributed by atoms with Gasteiger partial charge in [0.2, 0.25) is 0 Å². The van der Waals surface area contributed by atoms with Crippen LogP contribution in [0.5, 0.6) is 0 Å². The van der Waals surface area contributed by atoms with Crippen LogP contribution < -0.4 is 0 Å². The Kier molecular flexibility index (Phi) is 2.83.